The number of rotatable bonds is 1. The molecule has 0 saturated heterocycles. The predicted octanol–water partition coefficient (Wildman–Crippen LogP) is -0.427. The van der Waals surface area contributed by atoms with Crippen LogP contribution in [0.15, 0.2) is 12.7 Å². The van der Waals surface area contributed by atoms with Gasteiger partial charge in [-0.15, -0.1) is 0 Å². The highest BCUT2D eigenvalue weighted by atomic mass is 16.3. The summed E-state index contributed by atoms with van der Waals surface area (Å²) in [5, 5.41) is 13.1. The van der Waals surface area contributed by atoms with E-state index in [1.165, 1.54) is 17.2 Å². The molecule has 0 aromatic carbocycles. The van der Waals surface area contributed by atoms with Crippen molar-refractivity contribution in [2.24, 2.45) is 0 Å². The molecular weight excluding hydrogens is 158 g/mol. The average molecular weight is 165 g/mol. The summed E-state index contributed by atoms with van der Waals surface area (Å²) >= 11 is 0. The third kappa shape index (κ3) is 0.928. The highest BCUT2D eigenvalue weighted by Crippen LogP contribution is 2.06. The number of aliphatic hydroxyl groups excluding tert-OH is 1. The second-order valence-corrected chi connectivity index (χ2v) is 2.38. The summed E-state index contributed by atoms with van der Waals surface area (Å²) in [7, 11) is 0. The van der Waals surface area contributed by atoms with Crippen LogP contribution < -0.4 is 0 Å². The molecule has 2 aromatic rings. The Morgan fingerprint density at radius 1 is 1.33 bits per heavy atom. The molecule has 2 aromatic heterocycles. The molecule has 12 heavy (non-hydrogen) atoms. The van der Waals surface area contributed by atoms with Gasteiger partial charge in [-0.2, -0.15) is 19.6 Å². The van der Waals surface area contributed by atoms with Gasteiger partial charge in [0.2, 0.25) is 0 Å². The van der Waals surface area contributed by atoms with Crippen LogP contribution in [0.4, 0.5) is 0 Å². The standard InChI is InChI=1S/C6H7N5O/c1-4(12)5-7-2-8-6-9-3-10-11(5)6/h2-4,12H,1H3/t4-/m0/s1. The zero-order valence-corrected chi connectivity index (χ0v) is 6.42. The van der Waals surface area contributed by atoms with E-state index in [9.17, 15) is 5.11 Å². The van der Waals surface area contributed by atoms with Gasteiger partial charge in [-0.3, -0.25) is 0 Å². The molecule has 0 aliphatic heterocycles. The molecule has 6 nitrogen and oxygen atoms in total. The van der Waals surface area contributed by atoms with Crippen LogP contribution in [-0.2, 0) is 0 Å². The van der Waals surface area contributed by atoms with Gasteiger partial charge in [0.25, 0.3) is 5.78 Å². The smallest absolute Gasteiger partial charge is 0.255 e. The molecule has 0 unspecified atom stereocenters. The van der Waals surface area contributed by atoms with Crippen LogP contribution in [0.5, 0.6) is 0 Å². The lowest BCUT2D eigenvalue weighted by molar-refractivity contribution is 0.185. The van der Waals surface area contributed by atoms with Gasteiger partial charge in [0.15, 0.2) is 5.82 Å². The highest BCUT2D eigenvalue weighted by Gasteiger charge is 2.08. The lowest BCUT2D eigenvalue weighted by Gasteiger charge is -2.02. The third-order valence-electron chi connectivity index (χ3n) is 1.48. The van der Waals surface area contributed by atoms with Crippen molar-refractivity contribution >= 4 is 5.78 Å². The zero-order chi connectivity index (χ0) is 8.55. The van der Waals surface area contributed by atoms with Gasteiger partial charge in [-0.05, 0) is 6.92 Å². The van der Waals surface area contributed by atoms with Gasteiger partial charge in [0.1, 0.15) is 18.8 Å². The van der Waals surface area contributed by atoms with E-state index in [2.05, 4.69) is 20.1 Å². The number of hydrogen-bond acceptors (Lipinski definition) is 5. The molecule has 0 bridgehead atoms. The fourth-order valence-electron chi connectivity index (χ4n) is 0.964. The fraction of sp³-hybridized carbons (Fsp3) is 0.333. The zero-order valence-electron chi connectivity index (χ0n) is 6.42. The number of hydrogen-bond donors (Lipinski definition) is 1. The molecule has 0 aliphatic rings. The van der Waals surface area contributed by atoms with E-state index in [-0.39, 0.29) is 0 Å². The molecule has 2 rings (SSSR count). The van der Waals surface area contributed by atoms with Crippen molar-refractivity contribution in [2.75, 3.05) is 0 Å². The highest BCUT2D eigenvalue weighted by molar-refractivity contribution is 5.23. The minimum atomic E-state index is -0.669. The SMILES string of the molecule is C[C@H](O)c1ncnc2ncnn12. The summed E-state index contributed by atoms with van der Waals surface area (Å²) < 4.78 is 1.41. The molecule has 62 valence electrons. The Bertz CT molecular complexity index is 395. The summed E-state index contributed by atoms with van der Waals surface area (Å²) in [6.07, 6.45) is 2.05. The van der Waals surface area contributed by atoms with Crippen LogP contribution in [0.1, 0.15) is 18.9 Å². The average Bonchev–Trinajstić information content (AvgIpc) is 2.49. The monoisotopic (exact) mass is 165 g/mol. The lowest BCUT2D eigenvalue weighted by atomic mass is 10.4. The second kappa shape index (κ2) is 2.49. The van der Waals surface area contributed by atoms with E-state index in [0.29, 0.717) is 11.6 Å². The summed E-state index contributed by atoms with van der Waals surface area (Å²) in [6, 6.07) is 0. The molecular formula is C6H7N5O. The van der Waals surface area contributed by atoms with E-state index < -0.39 is 6.10 Å². The van der Waals surface area contributed by atoms with Crippen LogP contribution in [0.2, 0.25) is 0 Å². The van der Waals surface area contributed by atoms with Crippen molar-refractivity contribution in [3.05, 3.63) is 18.5 Å². The van der Waals surface area contributed by atoms with E-state index >= 15 is 0 Å². The molecule has 0 aliphatic carbocycles. The Labute approximate surface area is 67.9 Å². The number of aliphatic hydroxyl groups is 1. The Balaban J connectivity index is 2.73. The number of fused-ring (bicyclic) bond motifs is 1. The Morgan fingerprint density at radius 3 is 2.83 bits per heavy atom. The van der Waals surface area contributed by atoms with Gasteiger partial charge < -0.3 is 5.11 Å². The molecule has 1 N–H and O–H groups in total. The normalized spacial score (nSPS) is 13.5. The molecule has 0 amide bonds. The van der Waals surface area contributed by atoms with E-state index in [4.69, 9.17) is 0 Å². The molecule has 2 heterocycles. The van der Waals surface area contributed by atoms with Crippen molar-refractivity contribution in [1.82, 2.24) is 24.6 Å². The van der Waals surface area contributed by atoms with Crippen molar-refractivity contribution in [2.45, 2.75) is 13.0 Å². The first-order valence-corrected chi connectivity index (χ1v) is 3.48. The maximum atomic E-state index is 9.26. The first-order chi connectivity index (χ1) is 5.79. The van der Waals surface area contributed by atoms with Crippen molar-refractivity contribution in [3.8, 4) is 0 Å². The Morgan fingerprint density at radius 2 is 2.08 bits per heavy atom. The first kappa shape index (κ1) is 7.11. The summed E-state index contributed by atoms with van der Waals surface area (Å²) in [5.41, 5.74) is 0. The molecule has 1 atom stereocenters. The quantitative estimate of drug-likeness (QED) is 0.620. The Hall–Kier alpha value is -1.56. The van der Waals surface area contributed by atoms with E-state index in [0.717, 1.165) is 0 Å². The van der Waals surface area contributed by atoms with E-state index in [1.54, 1.807) is 6.92 Å². The predicted molar refractivity (Wildman–Crippen MR) is 39.2 cm³/mol. The van der Waals surface area contributed by atoms with Gasteiger partial charge in [-0.1, -0.05) is 0 Å². The van der Waals surface area contributed by atoms with Gasteiger partial charge >= 0.3 is 0 Å². The third-order valence-corrected chi connectivity index (χ3v) is 1.48. The molecule has 6 heteroatoms. The molecule has 0 spiro atoms. The number of aromatic nitrogens is 5. The van der Waals surface area contributed by atoms with Gasteiger partial charge in [0.05, 0.1) is 0 Å². The Kier molecular flexibility index (Phi) is 1.47. The largest absolute Gasteiger partial charge is 0.385 e. The minimum absolute atomic E-state index is 0.442. The summed E-state index contributed by atoms with van der Waals surface area (Å²) in [5.74, 6) is 0.887. The van der Waals surface area contributed by atoms with Gasteiger partial charge in [0, 0.05) is 0 Å². The van der Waals surface area contributed by atoms with E-state index in [1.807, 2.05) is 0 Å². The van der Waals surface area contributed by atoms with Crippen LogP contribution in [0.25, 0.3) is 5.78 Å². The van der Waals surface area contributed by atoms with Crippen molar-refractivity contribution in [3.63, 3.8) is 0 Å². The summed E-state index contributed by atoms with van der Waals surface area (Å²) in [6.45, 7) is 1.61. The van der Waals surface area contributed by atoms with Gasteiger partial charge in [-0.25, -0.2) is 4.98 Å². The van der Waals surface area contributed by atoms with Crippen LogP contribution in [0.3, 0.4) is 0 Å². The van der Waals surface area contributed by atoms with Crippen LogP contribution in [-0.4, -0.2) is 29.7 Å². The minimum Gasteiger partial charge on any atom is -0.385 e. The van der Waals surface area contributed by atoms with Crippen LogP contribution in [0, 0.1) is 0 Å². The second-order valence-electron chi connectivity index (χ2n) is 2.38. The first-order valence-electron chi connectivity index (χ1n) is 3.48. The topological polar surface area (TPSA) is 76.2 Å². The van der Waals surface area contributed by atoms with Crippen molar-refractivity contribution in [1.29, 1.82) is 0 Å². The molecule has 0 radical (unpaired) electrons. The number of nitrogens with zero attached hydrogens (tertiary/aromatic N) is 5. The fourth-order valence-corrected chi connectivity index (χ4v) is 0.964. The summed E-state index contributed by atoms with van der Waals surface area (Å²) in [4.78, 5) is 11.6. The lowest BCUT2D eigenvalue weighted by Crippen LogP contribution is -2.06. The molecule has 0 fully saturated rings. The maximum absolute atomic E-state index is 9.26. The van der Waals surface area contributed by atoms with Crippen molar-refractivity contribution < 1.29 is 5.11 Å². The molecule has 0 saturated carbocycles. The van der Waals surface area contributed by atoms with Crippen LogP contribution >= 0.6 is 0 Å². The maximum Gasteiger partial charge on any atom is 0.255 e.